The molecule has 3 N–H and O–H groups in total. The molecule has 0 atom stereocenters. The summed E-state index contributed by atoms with van der Waals surface area (Å²) in [5, 5.41) is 13.3. The first-order chi connectivity index (χ1) is 8.93. The normalized spacial score (nSPS) is 17.5. The van der Waals surface area contributed by atoms with Crippen molar-refractivity contribution in [2.24, 2.45) is 0 Å². The summed E-state index contributed by atoms with van der Waals surface area (Å²) >= 11 is 0. The van der Waals surface area contributed by atoms with E-state index in [9.17, 15) is 4.79 Å². The Morgan fingerprint density at radius 2 is 1.95 bits per heavy atom. The number of anilines is 1. The van der Waals surface area contributed by atoms with Crippen molar-refractivity contribution in [2.45, 2.75) is 33.2 Å². The van der Waals surface area contributed by atoms with E-state index in [2.05, 4.69) is 25.7 Å². The number of carbonyl (C=O) groups is 1. The highest BCUT2D eigenvalue weighted by atomic mass is 16.2. The summed E-state index contributed by atoms with van der Waals surface area (Å²) < 4.78 is 0. The van der Waals surface area contributed by atoms with E-state index in [1.807, 2.05) is 27.7 Å². The van der Waals surface area contributed by atoms with Crippen LogP contribution in [0.2, 0.25) is 0 Å². The zero-order chi connectivity index (χ0) is 14.0. The van der Waals surface area contributed by atoms with Crippen molar-refractivity contribution in [3.05, 3.63) is 11.4 Å². The lowest BCUT2D eigenvalue weighted by Gasteiger charge is -2.39. The molecule has 0 unspecified atom stereocenters. The molecule has 1 aliphatic heterocycles. The topological polar surface area (TPSA) is 73.0 Å². The smallest absolute Gasteiger partial charge is 0.244 e. The Kier molecular flexibility index (Phi) is 3.91. The minimum atomic E-state index is -0.516. The van der Waals surface area contributed by atoms with E-state index in [-0.39, 0.29) is 5.91 Å². The number of H-pyrrole nitrogens is 1. The van der Waals surface area contributed by atoms with Crippen molar-refractivity contribution in [3.63, 3.8) is 0 Å². The van der Waals surface area contributed by atoms with Crippen LogP contribution in [0.25, 0.3) is 0 Å². The largest absolute Gasteiger partial charge is 0.321 e. The molecule has 0 aliphatic carbocycles. The molecule has 1 fully saturated rings. The fourth-order valence-corrected chi connectivity index (χ4v) is 2.37. The molecule has 1 amide bonds. The Balaban J connectivity index is 2.10. The highest BCUT2D eigenvalue weighted by Gasteiger charge is 2.35. The summed E-state index contributed by atoms with van der Waals surface area (Å²) in [5.74, 6) is 0.0157. The molecule has 0 radical (unpaired) electrons. The number of hydrogen-bond acceptors (Lipinski definition) is 4. The fraction of sp³-hybridized carbons (Fsp3) is 0.692. The molecule has 0 bridgehead atoms. The molecule has 2 heterocycles. The molecule has 106 valence electrons. The maximum atomic E-state index is 12.5. The number of aryl methyl sites for hydroxylation is 2. The number of piperazine rings is 1. The minimum absolute atomic E-state index is 0.0157. The van der Waals surface area contributed by atoms with Crippen molar-refractivity contribution in [2.75, 3.05) is 31.5 Å². The number of carbonyl (C=O) groups excluding carboxylic acids is 1. The molecular formula is C13H23N5O. The van der Waals surface area contributed by atoms with Crippen LogP contribution in [-0.4, -0.2) is 52.7 Å². The van der Waals surface area contributed by atoms with Crippen LogP contribution in [-0.2, 0) is 4.79 Å². The molecule has 0 spiro atoms. The zero-order valence-electron chi connectivity index (χ0n) is 12.1. The second-order valence-corrected chi connectivity index (χ2v) is 5.56. The van der Waals surface area contributed by atoms with Gasteiger partial charge in [0, 0.05) is 26.2 Å². The van der Waals surface area contributed by atoms with Gasteiger partial charge in [0.15, 0.2) is 0 Å². The molecule has 19 heavy (non-hydrogen) atoms. The highest BCUT2D eigenvalue weighted by molar-refractivity contribution is 5.98. The number of amides is 1. The third-order valence-electron chi connectivity index (χ3n) is 3.83. The van der Waals surface area contributed by atoms with Gasteiger partial charge in [-0.1, -0.05) is 0 Å². The van der Waals surface area contributed by atoms with Crippen LogP contribution in [0, 0.1) is 13.8 Å². The molecule has 2 rings (SSSR count). The summed E-state index contributed by atoms with van der Waals surface area (Å²) in [4.78, 5) is 14.7. The van der Waals surface area contributed by atoms with Gasteiger partial charge in [-0.25, -0.2) is 0 Å². The predicted octanol–water partition coefficient (Wildman–Crippen LogP) is 0.649. The van der Waals surface area contributed by atoms with Crippen LogP contribution in [0.4, 0.5) is 5.69 Å². The molecule has 6 heteroatoms. The third-order valence-corrected chi connectivity index (χ3v) is 3.83. The van der Waals surface area contributed by atoms with Crippen LogP contribution >= 0.6 is 0 Å². The van der Waals surface area contributed by atoms with Gasteiger partial charge < -0.3 is 10.6 Å². The number of rotatable bonds is 3. The van der Waals surface area contributed by atoms with Gasteiger partial charge in [-0.3, -0.25) is 14.8 Å². The first kappa shape index (κ1) is 14.0. The SMILES string of the molecule is Cc1n[nH]c(C)c1NC(=O)C(C)(C)N1CCNCC1. The van der Waals surface area contributed by atoms with Crippen molar-refractivity contribution in [3.8, 4) is 0 Å². The van der Waals surface area contributed by atoms with Crippen LogP contribution < -0.4 is 10.6 Å². The van der Waals surface area contributed by atoms with E-state index < -0.39 is 5.54 Å². The zero-order valence-corrected chi connectivity index (χ0v) is 12.1. The van der Waals surface area contributed by atoms with Crippen molar-refractivity contribution in [1.82, 2.24) is 20.4 Å². The van der Waals surface area contributed by atoms with Gasteiger partial charge in [-0.05, 0) is 27.7 Å². The van der Waals surface area contributed by atoms with E-state index in [1.54, 1.807) is 0 Å². The molecule has 1 aromatic rings. The lowest BCUT2D eigenvalue weighted by Crippen LogP contribution is -2.58. The number of nitrogens with zero attached hydrogens (tertiary/aromatic N) is 2. The number of nitrogens with one attached hydrogen (secondary N) is 3. The van der Waals surface area contributed by atoms with Gasteiger partial charge in [0.1, 0.15) is 0 Å². The molecule has 1 aromatic heterocycles. The Morgan fingerprint density at radius 1 is 1.32 bits per heavy atom. The summed E-state index contributed by atoms with van der Waals surface area (Å²) in [7, 11) is 0. The Labute approximate surface area is 113 Å². The van der Waals surface area contributed by atoms with E-state index in [1.165, 1.54) is 0 Å². The van der Waals surface area contributed by atoms with Gasteiger partial charge in [-0.2, -0.15) is 5.10 Å². The van der Waals surface area contributed by atoms with Gasteiger partial charge in [0.25, 0.3) is 0 Å². The van der Waals surface area contributed by atoms with Gasteiger partial charge >= 0.3 is 0 Å². The summed E-state index contributed by atoms with van der Waals surface area (Å²) in [5.41, 5.74) is 2.00. The average molecular weight is 265 g/mol. The fourth-order valence-electron chi connectivity index (χ4n) is 2.37. The first-order valence-electron chi connectivity index (χ1n) is 6.71. The molecule has 1 saturated heterocycles. The van der Waals surface area contributed by atoms with Crippen LogP contribution in [0.5, 0.6) is 0 Å². The van der Waals surface area contributed by atoms with E-state index in [0.717, 1.165) is 43.3 Å². The van der Waals surface area contributed by atoms with E-state index in [4.69, 9.17) is 0 Å². The monoisotopic (exact) mass is 265 g/mol. The molecule has 1 aliphatic rings. The van der Waals surface area contributed by atoms with Crippen molar-refractivity contribution >= 4 is 11.6 Å². The summed E-state index contributed by atoms with van der Waals surface area (Å²) in [6.45, 7) is 11.4. The second-order valence-electron chi connectivity index (χ2n) is 5.56. The number of hydrogen-bond donors (Lipinski definition) is 3. The van der Waals surface area contributed by atoms with Crippen LogP contribution in [0.15, 0.2) is 0 Å². The second kappa shape index (κ2) is 5.30. The van der Waals surface area contributed by atoms with Crippen LogP contribution in [0.1, 0.15) is 25.2 Å². The molecular weight excluding hydrogens is 242 g/mol. The third kappa shape index (κ3) is 2.79. The van der Waals surface area contributed by atoms with Crippen LogP contribution in [0.3, 0.4) is 0 Å². The Hall–Kier alpha value is -1.40. The predicted molar refractivity (Wildman–Crippen MR) is 75.2 cm³/mol. The summed E-state index contributed by atoms with van der Waals surface area (Å²) in [6.07, 6.45) is 0. The first-order valence-corrected chi connectivity index (χ1v) is 6.71. The molecule has 0 saturated carbocycles. The lowest BCUT2D eigenvalue weighted by molar-refractivity contribution is -0.126. The average Bonchev–Trinajstić information content (AvgIpc) is 2.71. The number of aromatic amines is 1. The van der Waals surface area contributed by atoms with Crippen molar-refractivity contribution in [1.29, 1.82) is 0 Å². The quantitative estimate of drug-likeness (QED) is 0.750. The van der Waals surface area contributed by atoms with Gasteiger partial charge in [-0.15, -0.1) is 0 Å². The standard InChI is InChI=1S/C13H23N5O/c1-9-11(10(2)17-16-9)15-12(19)13(3,4)18-7-5-14-6-8-18/h14H,5-8H2,1-4H3,(H,15,19)(H,16,17). The minimum Gasteiger partial charge on any atom is -0.321 e. The number of aromatic nitrogens is 2. The highest BCUT2D eigenvalue weighted by Crippen LogP contribution is 2.21. The Bertz CT molecular complexity index is 440. The maximum Gasteiger partial charge on any atom is 0.244 e. The van der Waals surface area contributed by atoms with Gasteiger partial charge in [0.2, 0.25) is 5.91 Å². The summed E-state index contributed by atoms with van der Waals surface area (Å²) in [6, 6.07) is 0. The van der Waals surface area contributed by atoms with E-state index >= 15 is 0 Å². The van der Waals surface area contributed by atoms with Crippen molar-refractivity contribution < 1.29 is 4.79 Å². The lowest BCUT2D eigenvalue weighted by atomic mass is 10.00. The maximum absolute atomic E-state index is 12.5. The Morgan fingerprint density at radius 3 is 2.47 bits per heavy atom. The molecule has 6 nitrogen and oxygen atoms in total. The molecule has 0 aromatic carbocycles. The van der Waals surface area contributed by atoms with E-state index in [0.29, 0.717) is 0 Å². The van der Waals surface area contributed by atoms with Gasteiger partial charge in [0.05, 0.1) is 22.6 Å².